The van der Waals surface area contributed by atoms with Crippen LogP contribution in [0, 0.1) is 5.82 Å². The van der Waals surface area contributed by atoms with Crippen LogP contribution < -0.4 is 4.74 Å². The van der Waals surface area contributed by atoms with E-state index in [-0.39, 0.29) is 11.9 Å². The summed E-state index contributed by atoms with van der Waals surface area (Å²) in [7, 11) is 0. The molecule has 0 fully saturated rings. The molecule has 1 aromatic carbocycles. The number of benzene rings is 1. The lowest BCUT2D eigenvalue weighted by Gasteiger charge is -2.11. The molecule has 0 amide bonds. The molecular formula is C10H13FOS. The van der Waals surface area contributed by atoms with E-state index in [1.54, 1.807) is 18.2 Å². The van der Waals surface area contributed by atoms with Crippen LogP contribution >= 0.6 is 11.8 Å². The Hall–Kier alpha value is -0.700. The Labute approximate surface area is 82.3 Å². The molecule has 0 heterocycles. The Morgan fingerprint density at radius 1 is 1.38 bits per heavy atom. The minimum atomic E-state index is -0.260. The Morgan fingerprint density at radius 2 is 2.08 bits per heavy atom. The quantitative estimate of drug-likeness (QED) is 0.692. The predicted octanol–water partition coefficient (Wildman–Crippen LogP) is 3.33. The van der Waals surface area contributed by atoms with Crippen molar-refractivity contribution in [3.8, 4) is 5.75 Å². The second-order valence-electron chi connectivity index (χ2n) is 2.94. The predicted molar refractivity (Wildman–Crippen MR) is 53.9 cm³/mol. The van der Waals surface area contributed by atoms with Gasteiger partial charge >= 0.3 is 0 Å². The van der Waals surface area contributed by atoms with Gasteiger partial charge in [0.1, 0.15) is 0 Å². The van der Waals surface area contributed by atoms with E-state index >= 15 is 0 Å². The summed E-state index contributed by atoms with van der Waals surface area (Å²) in [5, 5.41) is 0. The molecule has 1 rings (SSSR count). The SMILES string of the molecule is CSc1cccc(OC(C)C)c1F. The Kier molecular flexibility index (Phi) is 3.60. The number of ether oxygens (including phenoxy) is 1. The Morgan fingerprint density at radius 3 is 2.62 bits per heavy atom. The maximum Gasteiger partial charge on any atom is 0.178 e. The molecule has 72 valence electrons. The van der Waals surface area contributed by atoms with Crippen LogP contribution in [-0.2, 0) is 0 Å². The van der Waals surface area contributed by atoms with Crippen molar-refractivity contribution < 1.29 is 9.13 Å². The minimum Gasteiger partial charge on any atom is -0.488 e. The van der Waals surface area contributed by atoms with Gasteiger partial charge in [-0.2, -0.15) is 0 Å². The molecule has 0 radical (unpaired) electrons. The van der Waals surface area contributed by atoms with Crippen molar-refractivity contribution in [3.05, 3.63) is 24.0 Å². The number of rotatable bonds is 3. The first kappa shape index (κ1) is 10.4. The van der Waals surface area contributed by atoms with Crippen LogP contribution in [0.5, 0.6) is 5.75 Å². The highest BCUT2D eigenvalue weighted by Gasteiger charge is 2.08. The molecule has 13 heavy (non-hydrogen) atoms. The Balaban J connectivity index is 2.94. The normalized spacial score (nSPS) is 10.5. The lowest BCUT2D eigenvalue weighted by molar-refractivity contribution is 0.229. The molecule has 3 heteroatoms. The zero-order valence-electron chi connectivity index (χ0n) is 8.00. The molecule has 0 N–H and O–H groups in total. The lowest BCUT2D eigenvalue weighted by atomic mass is 10.3. The van der Waals surface area contributed by atoms with Gasteiger partial charge < -0.3 is 4.74 Å². The minimum absolute atomic E-state index is 0.00612. The molecule has 0 saturated carbocycles. The van der Waals surface area contributed by atoms with E-state index in [0.29, 0.717) is 10.6 Å². The van der Waals surface area contributed by atoms with Gasteiger partial charge in [-0.15, -0.1) is 11.8 Å². The van der Waals surface area contributed by atoms with E-state index in [2.05, 4.69) is 0 Å². The fourth-order valence-corrected chi connectivity index (χ4v) is 1.49. The average Bonchev–Trinajstić information content (AvgIpc) is 2.08. The van der Waals surface area contributed by atoms with Crippen molar-refractivity contribution in [2.45, 2.75) is 24.8 Å². The van der Waals surface area contributed by atoms with E-state index in [9.17, 15) is 4.39 Å². The molecule has 0 bridgehead atoms. The van der Waals surface area contributed by atoms with Crippen LogP contribution in [-0.4, -0.2) is 12.4 Å². The summed E-state index contributed by atoms with van der Waals surface area (Å²) < 4.78 is 18.8. The second kappa shape index (κ2) is 4.51. The highest BCUT2D eigenvalue weighted by molar-refractivity contribution is 7.98. The first-order chi connectivity index (χ1) is 6.15. The average molecular weight is 200 g/mol. The monoisotopic (exact) mass is 200 g/mol. The van der Waals surface area contributed by atoms with Crippen LogP contribution in [0.25, 0.3) is 0 Å². The number of hydrogen-bond acceptors (Lipinski definition) is 2. The maximum absolute atomic E-state index is 13.5. The van der Waals surface area contributed by atoms with Gasteiger partial charge in [0.15, 0.2) is 11.6 Å². The number of hydrogen-bond donors (Lipinski definition) is 0. The highest BCUT2D eigenvalue weighted by Crippen LogP contribution is 2.27. The summed E-state index contributed by atoms with van der Waals surface area (Å²) in [5.41, 5.74) is 0. The van der Waals surface area contributed by atoms with Crippen molar-refractivity contribution in [3.63, 3.8) is 0 Å². The van der Waals surface area contributed by atoms with Gasteiger partial charge in [0.2, 0.25) is 0 Å². The smallest absolute Gasteiger partial charge is 0.178 e. The second-order valence-corrected chi connectivity index (χ2v) is 3.79. The topological polar surface area (TPSA) is 9.23 Å². The summed E-state index contributed by atoms with van der Waals surface area (Å²) in [6.07, 6.45) is 1.85. The summed E-state index contributed by atoms with van der Waals surface area (Å²) >= 11 is 1.38. The van der Waals surface area contributed by atoms with Gasteiger partial charge in [-0.25, -0.2) is 4.39 Å². The van der Waals surface area contributed by atoms with Gasteiger partial charge in [0.25, 0.3) is 0 Å². The van der Waals surface area contributed by atoms with Crippen molar-refractivity contribution in [2.75, 3.05) is 6.26 Å². The molecule has 0 atom stereocenters. The van der Waals surface area contributed by atoms with Crippen molar-refractivity contribution in [1.29, 1.82) is 0 Å². The largest absolute Gasteiger partial charge is 0.488 e. The van der Waals surface area contributed by atoms with Gasteiger partial charge in [-0.1, -0.05) is 6.07 Å². The van der Waals surface area contributed by atoms with Gasteiger partial charge in [-0.05, 0) is 32.2 Å². The van der Waals surface area contributed by atoms with E-state index in [4.69, 9.17) is 4.74 Å². The zero-order valence-corrected chi connectivity index (χ0v) is 8.82. The van der Waals surface area contributed by atoms with Gasteiger partial charge in [0, 0.05) is 4.90 Å². The number of halogens is 1. The van der Waals surface area contributed by atoms with Crippen LogP contribution in [0.15, 0.2) is 23.1 Å². The van der Waals surface area contributed by atoms with Crippen LogP contribution in [0.2, 0.25) is 0 Å². The fraction of sp³-hybridized carbons (Fsp3) is 0.400. The standard InChI is InChI=1S/C10H13FOS/c1-7(2)12-8-5-4-6-9(13-3)10(8)11/h4-7H,1-3H3. The summed E-state index contributed by atoms with van der Waals surface area (Å²) in [5.74, 6) is 0.0746. The van der Waals surface area contributed by atoms with E-state index in [1.807, 2.05) is 20.1 Å². The van der Waals surface area contributed by atoms with E-state index < -0.39 is 0 Å². The third-order valence-electron chi connectivity index (χ3n) is 1.51. The van der Waals surface area contributed by atoms with Crippen LogP contribution in [0.1, 0.15) is 13.8 Å². The fourth-order valence-electron chi connectivity index (χ4n) is 0.993. The van der Waals surface area contributed by atoms with Crippen molar-refractivity contribution >= 4 is 11.8 Å². The number of thioether (sulfide) groups is 1. The molecule has 0 aliphatic rings. The summed E-state index contributed by atoms with van der Waals surface area (Å²) in [6, 6.07) is 5.19. The molecule has 0 aliphatic carbocycles. The first-order valence-electron chi connectivity index (χ1n) is 4.14. The third kappa shape index (κ3) is 2.62. The third-order valence-corrected chi connectivity index (χ3v) is 2.27. The Bertz CT molecular complexity index is 286. The van der Waals surface area contributed by atoms with E-state index in [0.717, 1.165) is 0 Å². The molecule has 0 unspecified atom stereocenters. The van der Waals surface area contributed by atoms with Crippen LogP contribution in [0.4, 0.5) is 4.39 Å². The molecular weight excluding hydrogens is 187 g/mol. The van der Waals surface area contributed by atoms with Crippen molar-refractivity contribution in [1.82, 2.24) is 0 Å². The van der Waals surface area contributed by atoms with Gasteiger partial charge in [0.05, 0.1) is 6.10 Å². The molecule has 0 spiro atoms. The zero-order chi connectivity index (χ0) is 9.84. The summed E-state index contributed by atoms with van der Waals surface area (Å²) in [6.45, 7) is 3.76. The lowest BCUT2D eigenvalue weighted by Crippen LogP contribution is -2.07. The molecule has 0 aromatic heterocycles. The van der Waals surface area contributed by atoms with Crippen LogP contribution in [0.3, 0.4) is 0 Å². The summed E-state index contributed by atoms with van der Waals surface area (Å²) in [4.78, 5) is 0.623. The molecule has 0 aliphatic heterocycles. The first-order valence-corrected chi connectivity index (χ1v) is 5.36. The van der Waals surface area contributed by atoms with Crippen molar-refractivity contribution in [2.24, 2.45) is 0 Å². The highest BCUT2D eigenvalue weighted by atomic mass is 32.2. The van der Waals surface area contributed by atoms with Gasteiger partial charge in [-0.3, -0.25) is 0 Å². The van der Waals surface area contributed by atoms with E-state index in [1.165, 1.54) is 11.8 Å². The molecule has 1 aromatic rings. The maximum atomic E-state index is 13.5. The molecule has 0 saturated heterocycles. The molecule has 1 nitrogen and oxygen atoms in total.